The monoisotopic (exact) mass is 380 g/mol. The first kappa shape index (κ1) is 19.5. The Balaban J connectivity index is 2.39. The third-order valence-electron chi connectivity index (χ3n) is 4.73. The van der Waals surface area contributed by atoms with Crippen LogP contribution in [0.2, 0.25) is 0 Å². The van der Waals surface area contributed by atoms with Crippen molar-refractivity contribution in [2.24, 2.45) is 0 Å². The van der Waals surface area contributed by atoms with Gasteiger partial charge < -0.3 is 5.11 Å². The van der Waals surface area contributed by atoms with Gasteiger partial charge in [-0.1, -0.05) is 12.1 Å². The number of hydrogen-bond acceptors (Lipinski definition) is 4. The van der Waals surface area contributed by atoms with Crippen molar-refractivity contribution in [1.82, 2.24) is 19.4 Å². The summed E-state index contributed by atoms with van der Waals surface area (Å²) >= 11 is 0. The fourth-order valence-corrected chi connectivity index (χ4v) is 3.58. The van der Waals surface area contributed by atoms with Gasteiger partial charge in [0.05, 0.1) is 28.8 Å². The Bertz CT molecular complexity index is 1080. The molecule has 146 valence electrons. The van der Waals surface area contributed by atoms with E-state index in [1.54, 1.807) is 37.5 Å². The molecule has 2 aromatic heterocycles. The van der Waals surface area contributed by atoms with Crippen molar-refractivity contribution in [3.8, 4) is 5.69 Å². The summed E-state index contributed by atoms with van der Waals surface area (Å²) in [5, 5.41) is 10.3. The molecule has 1 aromatic carbocycles. The van der Waals surface area contributed by atoms with Crippen LogP contribution in [0.15, 0.2) is 47.5 Å². The summed E-state index contributed by atoms with van der Waals surface area (Å²) in [5.41, 5.74) is 0.997. The van der Waals surface area contributed by atoms with Crippen molar-refractivity contribution >= 4 is 17.0 Å². The molecule has 28 heavy (non-hydrogen) atoms. The van der Waals surface area contributed by atoms with Gasteiger partial charge >= 0.3 is 6.09 Å². The summed E-state index contributed by atoms with van der Waals surface area (Å²) in [4.78, 5) is 35.6. The molecule has 0 radical (unpaired) electrons. The molecule has 0 spiro atoms. The maximum Gasteiger partial charge on any atom is 0.408 e. The molecule has 7 heteroatoms. The van der Waals surface area contributed by atoms with Crippen molar-refractivity contribution in [2.45, 2.75) is 46.2 Å². The third-order valence-corrected chi connectivity index (χ3v) is 4.73. The van der Waals surface area contributed by atoms with Crippen LogP contribution in [0, 0.1) is 6.92 Å². The summed E-state index contributed by atoms with van der Waals surface area (Å²) in [7, 11) is 0. The molecule has 1 unspecified atom stereocenters. The second kappa shape index (κ2) is 7.07. The molecule has 2 heterocycles. The minimum Gasteiger partial charge on any atom is -0.465 e. The Morgan fingerprint density at radius 2 is 1.93 bits per heavy atom. The van der Waals surface area contributed by atoms with Crippen LogP contribution in [0.4, 0.5) is 4.79 Å². The van der Waals surface area contributed by atoms with Crippen molar-refractivity contribution in [2.75, 3.05) is 0 Å². The predicted octanol–water partition coefficient (Wildman–Crippen LogP) is 3.93. The van der Waals surface area contributed by atoms with Crippen LogP contribution >= 0.6 is 0 Å². The van der Waals surface area contributed by atoms with Crippen molar-refractivity contribution in [3.05, 3.63) is 64.5 Å². The van der Waals surface area contributed by atoms with Gasteiger partial charge in [0, 0.05) is 11.7 Å². The molecule has 0 aliphatic heterocycles. The number of fused-ring (bicyclic) bond motifs is 1. The smallest absolute Gasteiger partial charge is 0.408 e. The van der Waals surface area contributed by atoms with Gasteiger partial charge in [-0.25, -0.2) is 9.78 Å². The van der Waals surface area contributed by atoms with E-state index in [1.165, 1.54) is 9.47 Å². The van der Waals surface area contributed by atoms with Gasteiger partial charge in [-0.2, -0.15) is 0 Å². The molecule has 1 amide bonds. The van der Waals surface area contributed by atoms with E-state index < -0.39 is 17.7 Å². The van der Waals surface area contributed by atoms with Crippen molar-refractivity contribution in [1.29, 1.82) is 0 Å². The zero-order chi connectivity index (χ0) is 20.6. The van der Waals surface area contributed by atoms with Gasteiger partial charge in [0.15, 0.2) is 0 Å². The second-order valence-corrected chi connectivity index (χ2v) is 7.79. The largest absolute Gasteiger partial charge is 0.465 e. The number of aromatic nitrogens is 3. The Morgan fingerprint density at radius 3 is 2.50 bits per heavy atom. The van der Waals surface area contributed by atoms with Gasteiger partial charge in [-0.05, 0) is 58.4 Å². The first-order valence-corrected chi connectivity index (χ1v) is 9.08. The summed E-state index contributed by atoms with van der Waals surface area (Å²) in [6, 6.07) is 8.31. The van der Waals surface area contributed by atoms with Gasteiger partial charge in [0.2, 0.25) is 0 Å². The predicted molar refractivity (Wildman–Crippen MR) is 108 cm³/mol. The first-order chi connectivity index (χ1) is 13.1. The molecule has 0 saturated carbocycles. The van der Waals surface area contributed by atoms with E-state index in [2.05, 4.69) is 4.98 Å². The Hall–Kier alpha value is -3.22. The quantitative estimate of drug-likeness (QED) is 0.744. The van der Waals surface area contributed by atoms with Gasteiger partial charge in [-0.15, -0.1) is 0 Å². The van der Waals surface area contributed by atoms with Crippen LogP contribution in [0.1, 0.15) is 45.1 Å². The molecule has 3 rings (SSSR count). The molecule has 1 N–H and O–H groups in total. The molecule has 0 aliphatic rings. The summed E-state index contributed by atoms with van der Waals surface area (Å²) < 4.78 is 1.47. The number of benzene rings is 1. The molecule has 1 atom stereocenters. The second-order valence-electron chi connectivity index (χ2n) is 7.79. The Labute approximate surface area is 163 Å². The summed E-state index contributed by atoms with van der Waals surface area (Å²) in [6.45, 7) is 9.05. The highest BCUT2D eigenvalue weighted by molar-refractivity contribution is 5.81. The van der Waals surface area contributed by atoms with Gasteiger partial charge in [-0.3, -0.25) is 19.2 Å². The number of nitrogens with zero attached hydrogens (tertiary/aromatic N) is 4. The number of pyridine rings is 1. The number of amides is 1. The van der Waals surface area contributed by atoms with Crippen molar-refractivity contribution in [3.63, 3.8) is 0 Å². The molecule has 0 bridgehead atoms. The highest BCUT2D eigenvalue weighted by atomic mass is 16.4. The van der Waals surface area contributed by atoms with E-state index >= 15 is 0 Å². The number of carbonyl (C=O) groups is 1. The molecule has 0 aliphatic carbocycles. The average Bonchev–Trinajstić information content (AvgIpc) is 2.60. The zero-order valence-corrected chi connectivity index (χ0v) is 16.7. The van der Waals surface area contributed by atoms with Crippen LogP contribution in [-0.4, -0.2) is 36.2 Å². The Kier molecular flexibility index (Phi) is 4.93. The lowest BCUT2D eigenvalue weighted by Gasteiger charge is -2.38. The minimum absolute atomic E-state index is 0.239. The lowest BCUT2D eigenvalue weighted by molar-refractivity contribution is 0.0719. The first-order valence-electron chi connectivity index (χ1n) is 9.08. The highest BCUT2D eigenvalue weighted by Crippen LogP contribution is 2.29. The standard InChI is InChI=1S/C21H24N4O3/c1-13-8-6-10-16-17(13)19(26)24(15-9-7-11-22-12-15)18(23-16)14(2)25(20(27)28)21(3,4)5/h6-12,14H,1-5H3,(H,27,28). The molecular formula is C21H24N4O3. The minimum atomic E-state index is -1.07. The van der Waals surface area contributed by atoms with Crippen LogP contribution in [-0.2, 0) is 0 Å². The molecule has 3 aromatic rings. The molecule has 0 fully saturated rings. The van der Waals surface area contributed by atoms with Gasteiger partial charge in [0.1, 0.15) is 5.82 Å². The third kappa shape index (κ3) is 3.35. The van der Waals surface area contributed by atoms with Crippen molar-refractivity contribution < 1.29 is 9.90 Å². The molecular weight excluding hydrogens is 356 g/mol. The highest BCUT2D eigenvalue weighted by Gasteiger charge is 2.34. The SMILES string of the molecule is Cc1cccc2nc(C(C)N(C(=O)O)C(C)(C)C)n(-c3cccnc3)c(=O)c12. The fraction of sp³-hybridized carbons (Fsp3) is 0.333. The normalized spacial score (nSPS) is 12.8. The number of rotatable bonds is 3. The van der Waals surface area contributed by atoms with E-state index in [0.717, 1.165) is 5.56 Å². The van der Waals surface area contributed by atoms with E-state index in [9.17, 15) is 14.7 Å². The molecule has 0 saturated heterocycles. The Morgan fingerprint density at radius 1 is 1.21 bits per heavy atom. The zero-order valence-electron chi connectivity index (χ0n) is 16.7. The van der Waals surface area contributed by atoms with E-state index in [1.807, 2.05) is 39.8 Å². The number of aryl methyl sites for hydroxylation is 1. The average molecular weight is 380 g/mol. The van der Waals surface area contributed by atoms with Gasteiger partial charge in [0.25, 0.3) is 5.56 Å². The number of carboxylic acid groups (broad SMARTS) is 1. The molecule has 7 nitrogen and oxygen atoms in total. The topological polar surface area (TPSA) is 88.3 Å². The van der Waals surface area contributed by atoms with Crippen LogP contribution in [0.25, 0.3) is 16.6 Å². The van der Waals surface area contributed by atoms with Crippen LogP contribution < -0.4 is 5.56 Å². The van der Waals surface area contributed by atoms with Crippen LogP contribution in [0.3, 0.4) is 0 Å². The summed E-state index contributed by atoms with van der Waals surface area (Å²) in [5.74, 6) is 0.355. The van der Waals surface area contributed by atoms with E-state index in [0.29, 0.717) is 22.4 Å². The van der Waals surface area contributed by atoms with Crippen LogP contribution in [0.5, 0.6) is 0 Å². The lowest BCUT2D eigenvalue weighted by atomic mass is 10.0. The number of hydrogen-bond donors (Lipinski definition) is 1. The fourth-order valence-electron chi connectivity index (χ4n) is 3.58. The maximum atomic E-state index is 13.4. The van der Waals surface area contributed by atoms with E-state index in [-0.39, 0.29) is 5.56 Å². The lowest BCUT2D eigenvalue weighted by Crippen LogP contribution is -2.47. The van der Waals surface area contributed by atoms with E-state index in [4.69, 9.17) is 4.98 Å². The maximum absolute atomic E-state index is 13.4. The summed E-state index contributed by atoms with van der Waals surface area (Å²) in [6.07, 6.45) is 2.12.